The minimum Gasteiger partial charge on any atom is -0.311 e. The quantitative estimate of drug-likeness (QED) is 0.155. The first-order chi connectivity index (χ1) is 38.1. The van der Waals surface area contributed by atoms with Crippen molar-refractivity contribution in [3.8, 4) is 55.9 Å². The third kappa shape index (κ3) is 6.20. The lowest BCUT2D eigenvalue weighted by molar-refractivity contribution is 0.787. The van der Waals surface area contributed by atoms with Crippen molar-refractivity contribution < 1.29 is 0 Å². The first kappa shape index (κ1) is 43.4. The third-order valence-electron chi connectivity index (χ3n) is 16.8. The fourth-order valence-corrected chi connectivity index (χ4v) is 13.7. The van der Waals surface area contributed by atoms with Crippen LogP contribution in [0.25, 0.3) is 99.5 Å². The highest BCUT2D eigenvalue weighted by molar-refractivity contribution is 6.28. The Kier molecular flexibility index (Phi) is 9.47. The van der Waals surface area contributed by atoms with Gasteiger partial charge in [0.05, 0.1) is 27.5 Å². The number of fused-ring (bicyclic) bond motifs is 18. The minimum atomic E-state index is -0.571. The summed E-state index contributed by atoms with van der Waals surface area (Å²) in [6, 6.07) is 103. The van der Waals surface area contributed by atoms with Gasteiger partial charge >= 0.3 is 0 Å². The van der Waals surface area contributed by atoms with Gasteiger partial charge in [0.25, 0.3) is 0 Å². The Hall–Kier alpha value is -9.96. The van der Waals surface area contributed by atoms with Crippen LogP contribution >= 0.6 is 0 Å². The Balaban J connectivity index is 0.945. The van der Waals surface area contributed by atoms with E-state index in [1.807, 2.05) is 0 Å². The lowest BCUT2D eigenvalue weighted by Crippen LogP contribution is -2.27. The van der Waals surface area contributed by atoms with Gasteiger partial charge in [-0.1, -0.05) is 200 Å². The van der Waals surface area contributed by atoms with E-state index in [1.165, 1.54) is 116 Å². The molecule has 0 aliphatic heterocycles. The smallest absolute Gasteiger partial charge is 0.0729 e. The molecule has 12 aromatic carbocycles. The molecule has 1 unspecified atom stereocenters. The summed E-state index contributed by atoms with van der Waals surface area (Å²) in [5.41, 5.74) is 26.5. The van der Waals surface area contributed by atoms with Gasteiger partial charge in [-0.25, -0.2) is 0 Å². The zero-order valence-corrected chi connectivity index (χ0v) is 42.4. The first-order valence-corrected chi connectivity index (χ1v) is 26.8. The number of hydrogen-bond acceptors (Lipinski definition) is 1. The van der Waals surface area contributed by atoms with Crippen molar-refractivity contribution in [2.24, 2.45) is 0 Å². The molecule has 77 heavy (non-hydrogen) atoms. The van der Waals surface area contributed by atoms with E-state index in [0.717, 1.165) is 28.4 Å². The third-order valence-corrected chi connectivity index (χ3v) is 16.8. The first-order valence-electron chi connectivity index (χ1n) is 26.8. The summed E-state index contributed by atoms with van der Waals surface area (Å²) >= 11 is 0. The van der Waals surface area contributed by atoms with Crippen molar-refractivity contribution in [2.45, 2.75) is 12.3 Å². The number of para-hydroxylation sites is 4. The van der Waals surface area contributed by atoms with Crippen molar-refractivity contribution in [3.05, 3.63) is 307 Å². The summed E-state index contributed by atoms with van der Waals surface area (Å²) in [7, 11) is 0. The molecule has 2 aromatic heterocycles. The van der Waals surface area contributed by atoms with Crippen LogP contribution in [-0.2, 0) is 5.41 Å². The molecule has 2 aliphatic carbocycles. The van der Waals surface area contributed by atoms with Crippen molar-refractivity contribution >= 4 is 60.7 Å². The number of aromatic nitrogens is 2. The van der Waals surface area contributed by atoms with Crippen LogP contribution < -0.4 is 4.90 Å². The summed E-state index contributed by atoms with van der Waals surface area (Å²) in [5.74, 6) is 0. The van der Waals surface area contributed by atoms with Gasteiger partial charge in [0.2, 0.25) is 0 Å². The molecule has 0 radical (unpaired) electrons. The van der Waals surface area contributed by atoms with E-state index >= 15 is 0 Å². The molecule has 0 fully saturated rings. The largest absolute Gasteiger partial charge is 0.311 e. The van der Waals surface area contributed by atoms with Gasteiger partial charge in [-0.15, -0.1) is 0 Å². The molecule has 16 rings (SSSR count). The number of hydrogen-bond donors (Lipinski definition) is 0. The van der Waals surface area contributed by atoms with Crippen molar-refractivity contribution in [1.29, 1.82) is 0 Å². The van der Waals surface area contributed by atoms with Gasteiger partial charge in [0.1, 0.15) is 0 Å². The molecule has 0 saturated carbocycles. The van der Waals surface area contributed by atoms with Gasteiger partial charge in [-0.2, -0.15) is 0 Å². The zero-order valence-electron chi connectivity index (χ0n) is 42.4. The zero-order chi connectivity index (χ0) is 50.8. The predicted molar refractivity (Wildman–Crippen MR) is 322 cm³/mol. The summed E-state index contributed by atoms with van der Waals surface area (Å²) in [6.07, 6.45) is 0. The fourth-order valence-electron chi connectivity index (χ4n) is 13.7. The van der Waals surface area contributed by atoms with E-state index in [4.69, 9.17) is 0 Å². The number of nitrogens with zero attached hydrogens (tertiary/aromatic N) is 3. The molecule has 360 valence electrons. The van der Waals surface area contributed by atoms with Crippen LogP contribution in [-0.4, -0.2) is 9.13 Å². The Morgan fingerprint density at radius 3 is 1.60 bits per heavy atom. The maximum absolute atomic E-state index is 2.61. The van der Waals surface area contributed by atoms with E-state index in [1.54, 1.807) is 0 Å². The van der Waals surface area contributed by atoms with E-state index in [2.05, 4.69) is 300 Å². The number of aryl methyl sites for hydroxylation is 1. The molecule has 0 saturated heterocycles. The molecule has 0 bridgehead atoms. The van der Waals surface area contributed by atoms with E-state index in [9.17, 15) is 0 Å². The molecule has 2 aliphatic rings. The van der Waals surface area contributed by atoms with Crippen LogP contribution in [0.5, 0.6) is 0 Å². The van der Waals surface area contributed by atoms with Crippen LogP contribution in [0.3, 0.4) is 0 Å². The predicted octanol–water partition coefficient (Wildman–Crippen LogP) is 19.3. The molecular formula is C74H49N3. The van der Waals surface area contributed by atoms with Crippen molar-refractivity contribution in [1.82, 2.24) is 9.13 Å². The van der Waals surface area contributed by atoms with Gasteiger partial charge in [-0.3, -0.25) is 0 Å². The van der Waals surface area contributed by atoms with Crippen LogP contribution in [0, 0.1) is 6.92 Å². The highest BCUT2D eigenvalue weighted by Crippen LogP contribution is 2.65. The molecule has 1 atom stereocenters. The van der Waals surface area contributed by atoms with Crippen molar-refractivity contribution in [2.75, 3.05) is 4.90 Å². The summed E-state index contributed by atoms with van der Waals surface area (Å²) in [4.78, 5) is 2.35. The average Bonchev–Trinajstić information content (AvgIpc) is 4.24. The monoisotopic (exact) mass is 979 g/mol. The van der Waals surface area contributed by atoms with Crippen LogP contribution in [0.1, 0.15) is 27.8 Å². The maximum Gasteiger partial charge on any atom is 0.0729 e. The lowest BCUT2D eigenvalue weighted by atomic mass is 9.69. The molecule has 1 spiro atoms. The van der Waals surface area contributed by atoms with Crippen LogP contribution in [0.2, 0.25) is 0 Å². The van der Waals surface area contributed by atoms with Gasteiger partial charge in [0.15, 0.2) is 0 Å². The minimum absolute atomic E-state index is 0.571. The summed E-state index contributed by atoms with van der Waals surface area (Å²) in [5, 5.41) is 4.99. The Morgan fingerprint density at radius 1 is 0.325 bits per heavy atom. The number of benzene rings is 12. The van der Waals surface area contributed by atoms with Crippen molar-refractivity contribution in [3.63, 3.8) is 0 Å². The lowest BCUT2D eigenvalue weighted by Gasteiger charge is -2.32. The normalized spacial score (nSPS) is 14.1. The van der Waals surface area contributed by atoms with E-state index < -0.39 is 5.41 Å². The van der Waals surface area contributed by atoms with Crippen LogP contribution in [0.15, 0.2) is 279 Å². The van der Waals surface area contributed by atoms with E-state index in [0.29, 0.717) is 0 Å². The molecule has 0 amide bonds. The molecular weight excluding hydrogens is 931 g/mol. The topological polar surface area (TPSA) is 13.1 Å². The SMILES string of the molecule is Cc1cccc2c1C1(c3ccccc3-2)c2cc(-c3ccc(N(c4ccccc4)c4ccc(-c5ccccc5)cc4)cc3)ccc2-c2c1ccc1c3ccc4c(c5ccccc5n4-c4ccccc4)c3n(-c3ccccc3)c21. The standard InChI is InChI=1S/C74H49N3/c1-48-19-18-30-59-58-28-14-16-31-64(58)74(71(48)59)65-45-43-60-61-44-46-68-70(63-29-15-17-32-67(63)76(68)54-24-10-4-11-25-54)73(61)77(55-26-12-5-13-27-55)72(60)69(65)62-42-37-52(47-66(62)74)51-35-40-57(41-36-51)75(53-22-8-3-9-23-53)56-38-33-50(34-39-56)49-20-6-2-7-21-49/h2-47H,1H3. The molecule has 0 N–H and O–H groups in total. The second-order valence-corrected chi connectivity index (χ2v) is 20.8. The Morgan fingerprint density at radius 2 is 0.870 bits per heavy atom. The Labute approximate surface area is 447 Å². The highest BCUT2D eigenvalue weighted by atomic mass is 15.1. The Bertz CT molecular complexity index is 4650. The molecule has 14 aromatic rings. The second kappa shape index (κ2) is 16.8. The van der Waals surface area contributed by atoms with Gasteiger partial charge in [0, 0.05) is 55.5 Å². The molecule has 3 nitrogen and oxygen atoms in total. The van der Waals surface area contributed by atoms with Crippen LogP contribution in [0.4, 0.5) is 17.1 Å². The summed E-state index contributed by atoms with van der Waals surface area (Å²) in [6.45, 7) is 2.32. The maximum atomic E-state index is 2.61. The highest BCUT2D eigenvalue weighted by Gasteiger charge is 2.53. The van der Waals surface area contributed by atoms with Gasteiger partial charge in [-0.05, 0) is 153 Å². The van der Waals surface area contributed by atoms with Gasteiger partial charge < -0.3 is 14.0 Å². The summed E-state index contributed by atoms with van der Waals surface area (Å²) < 4.78 is 5.05. The number of rotatable bonds is 7. The van der Waals surface area contributed by atoms with E-state index in [-0.39, 0.29) is 0 Å². The molecule has 3 heteroatoms. The molecule has 2 heterocycles. The number of anilines is 3. The average molecular weight is 980 g/mol. The second-order valence-electron chi connectivity index (χ2n) is 20.8. The fraction of sp³-hybridized carbons (Fsp3) is 0.0270.